The number of hydrogen-bond donors (Lipinski definition) is 2. The number of hydrogen-bond acceptors (Lipinski definition) is 4. The van der Waals surface area contributed by atoms with E-state index in [-0.39, 0.29) is 22.7 Å². The first-order valence-corrected chi connectivity index (χ1v) is 6.00. The van der Waals surface area contributed by atoms with Gasteiger partial charge in [-0.1, -0.05) is 0 Å². The van der Waals surface area contributed by atoms with Crippen molar-refractivity contribution in [2.75, 3.05) is 5.32 Å². The number of rotatable bonds is 5. The molecule has 0 saturated heterocycles. The van der Waals surface area contributed by atoms with E-state index in [1.165, 1.54) is 42.2 Å². The maximum Gasteiger partial charge on any atom is 0.387 e. The van der Waals surface area contributed by atoms with Crippen LogP contribution < -0.4 is 10.1 Å². The van der Waals surface area contributed by atoms with Gasteiger partial charge in [0.1, 0.15) is 11.3 Å². The second-order valence-corrected chi connectivity index (χ2v) is 4.23. The lowest BCUT2D eigenvalue weighted by Gasteiger charge is -2.07. The highest BCUT2D eigenvalue weighted by Crippen LogP contribution is 2.18. The molecule has 1 aromatic heterocycles. The van der Waals surface area contributed by atoms with Gasteiger partial charge in [0.2, 0.25) is 0 Å². The average molecular weight is 311 g/mol. The number of alkyl halides is 2. The number of halogens is 2. The van der Waals surface area contributed by atoms with Crippen LogP contribution in [0.25, 0.3) is 0 Å². The van der Waals surface area contributed by atoms with Gasteiger partial charge in [-0.25, -0.2) is 4.79 Å². The van der Waals surface area contributed by atoms with Crippen LogP contribution in [-0.4, -0.2) is 33.4 Å². The Morgan fingerprint density at radius 3 is 2.50 bits per heavy atom. The zero-order chi connectivity index (χ0) is 16.3. The van der Waals surface area contributed by atoms with Crippen LogP contribution in [0.3, 0.4) is 0 Å². The van der Waals surface area contributed by atoms with Crippen molar-refractivity contribution >= 4 is 17.6 Å². The maximum atomic E-state index is 12.0. The minimum Gasteiger partial charge on any atom is -0.478 e. The van der Waals surface area contributed by atoms with E-state index >= 15 is 0 Å². The summed E-state index contributed by atoms with van der Waals surface area (Å²) in [5.74, 6) is -2.06. The molecule has 0 aliphatic heterocycles. The molecule has 0 fully saturated rings. The number of carboxylic acid groups (broad SMARTS) is 1. The van der Waals surface area contributed by atoms with Gasteiger partial charge in [0.05, 0.1) is 0 Å². The van der Waals surface area contributed by atoms with Gasteiger partial charge in [0.25, 0.3) is 5.91 Å². The summed E-state index contributed by atoms with van der Waals surface area (Å²) in [5.41, 5.74) is -0.200. The lowest BCUT2D eigenvalue weighted by Crippen LogP contribution is -2.16. The fourth-order valence-electron chi connectivity index (χ4n) is 1.72. The number of nitrogens with zero attached hydrogens (tertiary/aromatic N) is 2. The summed E-state index contributed by atoms with van der Waals surface area (Å²) in [6.45, 7) is -2.94. The average Bonchev–Trinajstić information content (AvgIpc) is 2.83. The summed E-state index contributed by atoms with van der Waals surface area (Å²) in [5, 5.41) is 15.2. The molecule has 116 valence electrons. The molecule has 22 heavy (non-hydrogen) atoms. The van der Waals surface area contributed by atoms with Crippen LogP contribution in [0.4, 0.5) is 14.5 Å². The van der Waals surface area contributed by atoms with Crippen LogP contribution in [0, 0.1) is 0 Å². The van der Waals surface area contributed by atoms with Crippen LogP contribution in [0.15, 0.2) is 30.5 Å². The fourth-order valence-corrected chi connectivity index (χ4v) is 1.72. The molecule has 2 aromatic rings. The highest BCUT2D eigenvalue weighted by molar-refractivity contribution is 6.09. The molecule has 7 nitrogen and oxygen atoms in total. The van der Waals surface area contributed by atoms with Gasteiger partial charge in [-0.15, -0.1) is 0 Å². The minimum atomic E-state index is -2.94. The number of amides is 1. The van der Waals surface area contributed by atoms with Crippen LogP contribution >= 0.6 is 0 Å². The van der Waals surface area contributed by atoms with Crippen molar-refractivity contribution < 1.29 is 28.2 Å². The van der Waals surface area contributed by atoms with Gasteiger partial charge in [-0.2, -0.15) is 13.9 Å². The minimum absolute atomic E-state index is 0.0583. The molecule has 0 aliphatic carbocycles. The SMILES string of the molecule is Cn1cc(C(=O)O)c(C(=O)Nc2ccc(OC(F)F)cc2)n1. The zero-order valence-corrected chi connectivity index (χ0v) is 11.3. The summed E-state index contributed by atoms with van der Waals surface area (Å²) in [4.78, 5) is 23.0. The molecule has 0 spiro atoms. The summed E-state index contributed by atoms with van der Waals surface area (Å²) < 4.78 is 29.4. The van der Waals surface area contributed by atoms with Gasteiger partial charge >= 0.3 is 12.6 Å². The Bertz CT molecular complexity index is 698. The van der Waals surface area contributed by atoms with Crippen molar-refractivity contribution in [1.29, 1.82) is 0 Å². The molecule has 9 heteroatoms. The third-order valence-corrected chi connectivity index (χ3v) is 2.61. The van der Waals surface area contributed by atoms with Crippen molar-refractivity contribution in [3.63, 3.8) is 0 Å². The number of carbonyl (C=O) groups is 2. The maximum absolute atomic E-state index is 12.0. The number of nitrogens with one attached hydrogen (secondary N) is 1. The normalized spacial score (nSPS) is 10.5. The van der Waals surface area contributed by atoms with Crippen molar-refractivity contribution in [1.82, 2.24) is 9.78 Å². The highest BCUT2D eigenvalue weighted by atomic mass is 19.3. The van der Waals surface area contributed by atoms with E-state index in [2.05, 4.69) is 15.2 Å². The van der Waals surface area contributed by atoms with Crippen molar-refractivity contribution in [3.8, 4) is 5.75 Å². The topological polar surface area (TPSA) is 93.5 Å². The summed E-state index contributed by atoms with van der Waals surface area (Å²) >= 11 is 0. The molecule has 0 unspecified atom stereocenters. The molecule has 0 atom stereocenters. The number of anilines is 1. The van der Waals surface area contributed by atoms with Gasteiger partial charge in [-0.3, -0.25) is 9.48 Å². The lowest BCUT2D eigenvalue weighted by atomic mass is 10.2. The van der Waals surface area contributed by atoms with Crippen LogP contribution in [0.2, 0.25) is 0 Å². The lowest BCUT2D eigenvalue weighted by molar-refractivity contribution is -0.0498. The van der Waals surface area contributed by atoms with E-state index in [0.717, 1.165) is 0 Å². The first kappa shape index (κ1) is 15.4. The number of carbonyl (C=O) groups excluding carboxylic acids is 1. The quantitative estimate of drug-likeness (QED) is 0.880. The van der Waals surface area contributed by atoms with Gasteiger partial charge in [0.15, 0.2) is 5.69 Å². The Kier molecular flexibility index (Phi) is 4.35. The second-order valence-electron chi connectivity index (χ2n) is 4.23. The molecule has 0 aliphatic rings. The van der Waals surface area contributed by atoms with Gasteiger partial charge in [0, 0.05) is 18.9 Å². The first-order chi connectivity index (χ1) is 10.4. The Hall–Kier alpha value is -2.97. The second kappa shape index (κ2) is 6.20. The third-order valence-electron chi connectivity index (χ3n) is 2.61. The molecule has 2 rings (SSSR count). The largest absolute Gasteiger partial charge is 0.478 e. The fraction of sp³-hybridized carbons (Fsp3) is 0.154. The Balaban J connectivity index is 2.14. The monoisotopic (exact) mass is 311 g/mol. The first-order valence-electron chi connectivity index (χ1n) is 6.00. The van der Waals surface area contributed by atoms with Gasteiger partial charge < -0.3 is 15.2 Å². The predicted molar refractivity (Wildman–Crippen MR) is 71.2 cm³/mol. The summed E-state index contributed by atoms with van der Waals surface area (Å²) in [6, 6.07) is 5.19. The molecule has 0 bridgehead atoms. The molecule has 2 N–H and O–H groups in total. The molecular formula is C13H11F2N3O4. The van der Waals surface area contributed by atoms with E-state index < -0.39 is 18.5 Å². The number of aromatic carboxylic acids is 1. The zero-order valence-electron chi connectivity index (χ0n) is 11.3. The summed E-state index contributed by atoms with van der Waals surface area (Å²) in [6.07, 6.45) is 1.21. The number of benzene rings is 1. The molecule has 1 heterocycles. The van der Waals surface area contributed by atoms with E-state index in [0.29, 0.717) is 0 Å². The van der Waals surface area contributed by atoms with Crippen LogP contribution in [0.5, 0.6) is 5.75 Å². The number of aryl methyl sites for hydroxylation is 1. The molecule has 0 radical (unpaired) electrons. The van der Waals surface area contributed by atoms with Crippen molar-refractivity contribution in [2.24, 2.45) is 7.05 Å². The Morgan fingerprint density at radius 1 is 1.32 bits per heavy atom. The Morgan fingerprint density at radius 2 is 1.95 bits per heavy atom. The van der Waals surface area contributed by atoms with Crippen molar-refractivity contribution in [3.05, 3.63) is 41.7 Å². The molecule has 0 saturated carbocycles. The van der Waals surface area contributed by atoms with Crippen LogP contribution in [0.1, 0.15) is 20.8 Å². The van der Waals surface area contributed by atoms with Crippen molar-refractivity contribution in [2.45, 2.75) is 6.61 Å². The number of aromatic nitrogens is 2. The molecule has 1 amide bonds. The summed E-state index contributed by atoms with van der Waals surface area (Å²) in [7, 11) is 1.49. The van der Waals surface area contributed by atoms with E-state index in [4.69, 9.17) is 5.11 Å². The molecule has 1 aromatic carbocycles. The molecular weight excluding hydrogens is 300 g/mol. The predicted octanol–water partition coefficient (Wildman–Crippen LogP) is 1.97. The third kappa shape index (κ3) is 3.57. The van der Waals surface area contributed by atoms with E-state index in [1.54, 1.807) is 0 Å². The smallest absolute Gasteiger partial charge is 0.387 e. The Labute approximate surface area is 123 Å². The van der Waals surface area contributed by atoms with Crippen LogP contribution in [-0.2, 0) is 7.05 Å². The standard InChI is InChI=1S/C13H11F2N3O4/c1-18-6-9(12(20)21)10(17-18)11(19)16-7-2-4-8(5-3-7)22-13(14)15/h2-6,13H,1H3,(H,16,19)(H,20,21). The number of ether oxygens (including phenoxy) is 1. The highest BCUT2D eigenvalue weighted by Gasteiger charge is 2.21. The van der Waals surface area contributed by atoms with Gasteiger partial charge in [-0.05, 0) is 24.3 Å². The number of carboxylic acids is 1. The van der Waals surface area contributed by atoms with E-state index in [9.17, 15) is 18.4 Å². The van der Waals surface area contributed by atoms with E-state index in [1.807, 2.05) is 0 Å².